The maximum atomic E-state index is 5.62. The number of benzene rings is 7. The van der Waals surface area contributed by atoms with E-state index in [0.29, 0.717) is 11.8 Å². The molecule has 1 aliphatic rings. The summed E-state index contributed by atoms with van der Waals surface area (Å²) >= 11 is 0. The van der Waals surface area contributed by atoms with E-state index in [1.165, 1.54) is 22.1 Å². The maximum Gasteiger partial charge on any atom is 0.101 e. The van der Waals surface area contributed by atoms with E-state index >= 15 is 0 Å². The monoisotopic (exact) mass is 945 g/mol. The van der Waals surface area contributed by atoms with Gasteiger partial charge < -0.3 is 14.4 Å². The van der Waals surface area contributed by atoms with Gasteiger partial charge in [-0.15, -0.1) is 41.4 Å². The topological polar surface area (TPSA) is 29.2 Å². The van der Waals surface area contributed by atoms with E-state index in [1.54, 1.807) is 0 Å². The van der Waals surface area contributed by atoms with Crippen molar-refractivity contribution in [3.05, 3.63) is 188 Å². The Morgan fingerprint density at radius 1 is 0.525 bits per heavy atom. The van der Waals surface area contributed by atoms with Crippen LogP contribution in [0.4, 0.5) is 17.1 Å². The molecule has 0 saturated carbocycles. The van der Waals surface area contributed by atoms with Crippen LogP contribution in [-0.2, 0) is 21.1 Å². The van der Waals surface area contributed by atoms with Crippen molar-refractivity contribution in [2.24, 2.45) is 0 Å². The molecule has 5 nitrogen and oxygen atoms in total. The molecule has 59 heavy (non-hydrogen) atoms. The summed E-state index contributed by atoms with van der Waals surface area (Å²) in [4.78, 5) is 4.37. The SMILES string of the molecule is CC(C)c1cccc(C(C)C)c1-c1c(-c2ccccc2)nn(-c2[c-]c3c(cc2)c2ccccc2n3-c2[c-]c(N3[CH-]N(C)c4ccccc43)ccc2)c1-c1ccccc1.[Pt]. The van der Waals surface area contributed by atoms with Crippen LogP contribution in [-0.4, -0.2) is 21.4 Å². The van der Waals surface area contributed by atoms with Crippen molar-refractivity contribution < 1.29 is 21.1 Å². The molecule has 0 saturated heterocycles. The second-order valence-corrected chi connectivity index (χ2v) is 15.8. The van der Waals surface area contributed by atoms with Crippen LogP contribution >= 0.6 is 0 Å². The van der Waals surface area contributed by atoms with Gasteiger partial charge in [-0.3, -0.25) is 4.68 Å². The van der Waals surface area contributed by atoms with Crippen molar-refractivity contribution in [2.75, 3.05) is 16.8 Å². The summed E-state index contributed by atoms with van der Waals surface area (Å²) in [6, 6.07) is 63.9. The fourth-order valence-corrected chi connectivity index (χ4v) is 8.76. The first-order chi connectivity index (χ1) is 28.4. The maximum absolute atomic E-state index is 5.62. The molecule has 0 aliphatic carbocycles. The summed E-state index contributed by atoms with van der Waals surface area (Å²) in [6.07, 6.45) is 0. The van der Waals surface area contributed by atoms with E-state index in [0.717, 1.165) is 72.9 Å². The van der Waals surface area contributed by atoms with Crippen LogP contribution in [0.1, 0.15) is 50.7 Å². The van der Waals surface area contributed by atoms with Gasteiger partial charge in [0.05, 0.1) is 5.69 Å². The van der Waals surface area contributed by atoms with Gasteiger partial charge >= 0.3 is 0 Å². The Labute approximate surface area is 361 Å². The van der Waals surface area contributed by atoms with Gasteiger partial charge in [0, 0.05) is 54.6 Å². The van der Waals surface area contributed by atoms with Crippen molar-refractivity contribution in [3.63, 3.8) is 0 Å². The predicted octanol–water partition coefficient (Wildman–Crippen LogP) is 13.5. The minimum atomic E-state index is 0. The fourth-order valence-electron chi connectivity index (χ4n) is 8.76. The van der Waals surface area contributed by atoms with E-state index in [1.807, 2.05) is 0 Å². The van der Waals surface area contributed by atoms with Crippen molar-refractivity contribution in [3.8, 4) is 45.0 Å². The third-order valence-corrected chi connectivity index (χ3v) is 11.5. The summed E-state index contributed by atoms with van der Waals surface area (Å²) in [5.41, 5.74) is 16.4. The number of para-hydroxylation sites is 3. The standard InChI is InChI=1S/C53H44N5.Pt/c1-35(2)42-25-17-26-43(36(3)4)50(42)51-52(37-18-8-6-9-19-37)54-58(53(51)38-20-10-7-11-21-38)41-30-31-45-44-24-12-13-27-46(44)57(49(45)33-41)40-23-16-22-39(32-40)56-34-55(5)47-28-14-15-29-48(47)56;/h6-31,34-36H,1-5H3;/q-3;. The second kappa shape index (κ2) is 15.5. The molecular weight excluding hydrogens is 902 g/mol. The summed E-state index contributed by atoms with van der Waals surface area (Å²) in [6.45, 7) is 11.3. The number of hydrogen-bond donors (Lipinski definition) is 0. The summed E-state index contributed by atoms with van der Waals surface area (Å²) in [7, 11) is 2.09. The van der Waals surface area contributed by atoms with Crippen LogP contribution in [0.25, 0.3) is 66.8 Å². The molecule has 9 aromatic rings. The Morgan fingerprint density at radius 3 is 1.85 bits per heavy atom. The number of aromatic nitrogens is 3. The molecule has 10 rings (SSSR count). The zero-order valence-electron chi connectivity index (χ0n) is 33.8. The van der Waals surface area contributed by atoms with E-state index in [-0.39, 0.29) is 21.1 Å². The van der Waals surface area contributed by atoms with Crippen LogP contribution in [0.3, 0.4) is 0 Å². The molecule has 2 aromatic heterocycles. The molecule has 0 amide bonds. The average Bonchev–Trinajstić information content (AvgIpc) is 3.93. The third-order valence-electron chi connectivity index (χ3n) is 11.5. The van der Waals surface area contributed by atoms with Gasteiger partial charge in [-0.05, 0) is 64.8 Å². The zero-order chi connectivity index (χ0) is 39.5. The Hall–Kier alpha value is -6.16. The molecule has 0 bridgehead atoms. The summed E-state index contributed by atoms with van der Waals surface area (Å²) in [5.74, 6) is 0.615. The number of rotatable bonds is 8. The van der Waals surface area contributed by atoms with Crippen molar-refractivity contribution in [1.29, 1.82) is 0 Å². The van der Waals surface area contributed by atoms with Crippen LogP contribution < -0.4 is 9.80 Å². The number of hydrogen-bond acceptors (Lipinski definition) is 3. The third kappa shape index (κ3) is 6.49. The molecule has 1 aliphatic heterocycles. The Bertz CT molecular complexity index is 2930. The second-order valence-electron chi connectivity index (χ2n) is 15.8. The predicted molar refractivity (Wildman–Crippen MR) is 241 cm³/mol. The molecular formula is C53H44N5Pt-3. The first-order valence-electron chi connectivity index (χ1n) is 20.2. The average molecular weight is 946 g/mol. The number of nitrogens with zero attached hydrogens (tertiary/aromatic N) is 5. The van der Waals surface area contributed by atoms with Gasteiger partial charge in [-0.2, -0.15) is 23.9 Å². The van der Waals surface area contributed by atoms with Gasteiger partial charge in [0.15, 0.2) is 0 Å². The molecule has 0 fully saturated rings. The summed E-state index contributed by atoms with van der Waals surface area (Å²) in [5, 5.41) is 7.91. The quantitative estimate of drug-likeness (QED) is 0.142. The van der Waals surface area contributed by atoms with Gasteiger partial charge in [0.25, 0.3) is 0 Å². The Kier molecular flexibility index (Phi) is 10.1. The number of fused-ring (bicyclic) bond motifs is 4. The van der Waals surface area contributed by atoms with E-state index in [2.05, 4.69) is 230 Å². The van der Waals surface area contributed by atoms with Gasteiger partial charge in [-0.1, -0.05) is 148 Å². The largest absolute Gasteiger partial charge is 0.504 e. The van der Waals surface area contributed by atoms with Gasteiger partial charge in [0.2, 0.25) is 0 Å². The van der Waals surface area contributed by atoms with E-state index in [9.17, 15) is 0 Å². The minimum absolute atomic E-state index is 0. The van der Waals surface area contributed by atoms with Crippen molar-refractivity contribution >= 4 is 38.9 Å². The smallest absolute Gasteiger partial charge is 0.101 e. The Balaban J connectivity index is 0.00000449. The fraction of sp³-hybridized carbons (Fsp3) is 0.132. The first kappa shape index (κ1) is 38.4. The van der Waals surface area contributed by atoms with Crippen LogP contribution in [0, 0.1) is 18.8 Å². The Morgan fingerprint density at radius 2 is 1.14 bits per heavy atom. The molecule has 0 spiro atoms. The van der Waals surface area contributed by atoms with Crippen LogP contribution in [0.2, 0.25) is 0 Å². The zero-order valence-corrected chi connectivity index (χ0v) is 36.1. The molecule has 0 unspecified atom stereocenters. The molecule has 6 heteroatoms. The summed E-state index contributed by atoms with van der Waals surface area (Å²) < 4.78 is 4.45. The van der Waals surface area contributed by atoms with Crippen molar-refractivity contribution in [2.45, 2.75) is 39.5 Å². The molecule has 7 aromatic carbocycles. The van der Waals surface area contributed by atoms with E-state index < -0.39 is 0 Å². The van der Waals surface area contributed by atoms with Crippen molar-refractivity contribution in [1.82, 2.24) is 14.3 Å². The number of anilines is 3. The molecule has 0 atom stereocenters. The van der Waals surface area contributed by atoms with Crippen LogP contribution in [0.5, 0.6) is 0 Å². The molecule has 3 heterocycles. The van der Waals surface area contributed by atoms with E-state index in [4.69, 9.17) is 5.10 Å². The van der Waals surface area contributed by atoms with Crippen LogP contribution in [0.15, 0.2) is 158 Å². The minimum Gasteiger partial charge on any atom is -0.504 e. The molecule has 0 N–H and O–H groups in total. The normalized spacial score (nSPS) is 12.5. The molecule has 294 valence electrons. The molecule has 0 radical (unpaired) electrons. The van der Waals surface area contributed by atoms with Gasteiger partial charge in [0.1, 0.15) is 5.69 Å². The first-order valence-corrected chi connectivity index (χ1v) is 20.2. The van der Waals surface area contributed by atoms with Gasteiger partial charge in [-0.25, -0.2) is 0 Å².